The highest BCUT2D eigenvalue weighted by Gasteiger charge is 2.32. The van der Waals surface area contributed by atoms with Crippen molar-refractivity contribution in [3.63, 3.8) is 0 Å². The molecular weight excluding hydrogens is 354 g/mol. The summed E-state index contributed by atoms with van der Waals surface area (Å²) in [6.45, 7) is 10.2. The van der Waals surface area contributed by atoms with Crippen molar-refractivity contribution in [2.45, 2.75) is 78.8 Å². The van der Waals surface area contributed by atoms with Crippen LogP contribution in [0.4, 0.5) is 0 Å². The van der Waals surface area contributed by atoms with Gasteiger partial charge in [-0.2, -0.15) is 0 Å². The summed E-state index contributed by atoms with van der Waals surface area (Å²) in [5, 5.41) is 5.59. The molecule has 0 spiro atoms. The summed E-state index contributed by atoms with van der Waals surface area (Å²) in [6.07, 6.45) is 8.29. The van der Waals surface area contributed by atoms with Gasteiger partial charge in [0.2, 0.25) is 17.7 Å². The Bertz CT molecular complexity index is 623. The Hall–Kier alpha value is -2.11. The van der Waals surface area contributed by atoms with Gasteiger partial charge in [-0.1, -0.05) is 45.4 Å². The smallest absolute Gasteiger partial charge is 0.249 e. The Balaban J connectivity index is 0.00000190. The van der Waals surface area contributed by atoms with Crippen LogP contribution in [0.3, 0.4) is 0 Å². The minimum Gasteiger partial charge on any atom is -0.345 e. The minimum atomic E-state index is -0.679. The van der Waals surface area contributed by atoms with Gasteiger partial charge in [0.1, 0.15) is 12.1 Å². The largest absolute Gasteiger partial charge is 0.345 e. The maximum absolute atomic E-state index is 12.8. The SMILES string of the molecule is CC.CC(C)CC(=O)N[C@@H](C)C(=O)N[C@@H]1C(=O)N(C)CCC2=C1C=CCCC2. The molecule has 0 aromatic carbocycles. The standard InChI is InChI=1S/C20H31N3O3.C2H6/c1-13(2)12-17(24)21-14(3)19(25)22-18-16-9-7-5-6-8-15(16)10-11-23(4)20(18)26;1-2/h7,9,13-14,18H,5-6,8,10-12H2,1-4H3,(H,21,24)(H,22,25);1-2H3/t14-,18-;/m0./s1. The van der Waals surface area contributed by atoms with Crippen molar-refractivity contribution < 1.29 is 14.4 Å². The van der Waals surface area contributed by atoms with E-state index in [2.05, 4.69) is 16.7 Å². The van der Waals surface area contributed by atoms with Crippen molar-refractivity contribution in [2.75, 3.05) is 13.6 Å². The van der Waals surface area contributed by atoms with Crippen LogP contribution in [0, 0.1) is 5.92 Å². The number of hydrogen-bond donors (Lipinski definition) is 2. The van der Waals surface area contributed by atoms with Gasteiger partial charge >= 0.3 is 0 Å². The molecule has 2 aliphatic rings. The predicted octanol–water partition coefficient (Wildman–Crippen LogP) is 2.95. The van der Waals surface area contributed by atoms with Crippen LogP contribution in [-0.4, -0.2) is 48.3 Å². The van der Waals surface area contributed by atoms with Crippen molar-refractivity contribution >= 4 is 17.7 Å². The Kier molecular flexibility index (Phi) is 9.97. The van der Waals surface area contributed by atoms with E-state index in [0.29, 0.717) is 13.0 Å². The lowest BCUT2D eigenvalue weighted by molar-refractivity contribution is -0.135. The summed E-state index contributed by atoms with van der Waals surface area (Å²) in [4.78, 5) is 39.0. The number of nitrogens with one attached hydrogen (secondary N) is 2. The average Bonchev–Trinajstić information content (AvgIpc) is 2.94. The Morgan fingerprint density at radius 3 is 2.54 bits per heavy atom. The lowest BCUT2D eigenvalue weighted by Gasteiger charge is -2.24. The molecule has 28 heavy (non-hydrogen) atoms. The van der Waals surface area contributed by atoms with Gasteiger partial charge < -0.3 is 15.5 Å². The van der Waals surface area contributed by atoms with E-state index in [1.165, 1.54) is 5.57 Å². The van der Waals surface area contributed by atoms with Crippen molar-refractivity contribution in [3.8, 4) is 0 Å². The van der Waals surface area contributed by atoms with Crippen LogP contribution in [0.2, 0.25) is 0 Å². The second-order valence-corrected chi connectivity index (χ2v) is 7.69. The Morgan fingerprint density at radius 1 is 1.21 bits per heavy atom. The molecule has 0 radical (unpaired) electrons. The van der Waals surface area contributed by atoms with Gasteiger partial charge in [0.15, 0.2) is 0 Å². The summed E-state index contributed by atoms with van der Waals surface area (Å²) >= 11 is 0. The van der Waals surface area contributed by atoms with E-state index in [9.17, 15) is 14.4 Å². The maximum atomic E-state index is 12.8. The average molecular weight is 392 g/mol. The molecule has 2 N–H and O–H groups in total. The topological polar surface area (TPSA) is 78.5 Å². The zero-order chi connectivity index (χ0) is 21.3. The van der Waals surface area contributed by atoms with Gasteiger partial charge in [-0.05, 0) is 44.1 Å². The van der Waals surface area contributed by atoms with Crippen LogP contribution in [-0.2, 0) is 14.4 Å². The van der Waals surface area contributed by atoms with E-state index < -0.39 is 12.1 Å². The second kappa shape index (κ2) is 11.7. The van der Waals surface area contributed by atoms with E-state index in [-0.39, 0.29) is 23.6 Å². The van der Waals surface area contributed by atoms with E-state index in [4.69, 9.17) is 0 Å². The molecule has 0 bridgehead atoms. The Labute approximate surface area is 169 Å². The molecule has 0 unspecified atom stereocenters. The summed E-state index contributed by atoms with van der Waals surface area (Å²) in [7, 11) is 1.77. The number of hydrogen-bond acceptors (Lipinski definition) is 3. The zero-order valence-electron chi connectivity index (χ0n) is 18.3. The minimum absolute atomic E-state index is 0.101. The van der Waals surface area contributed by atoms with E-state index in [1.54, 1.807) is 18.9 Å². The maximum Gasteiger partial charge on any atom is 0.249 e. The molecule has 0 aromatic rings. The van der Waals surface area contributed by atoms with Gasteiger partial charge in [0.25, 0.3) is 0 Å². The van der Waals surface area contributed by atoms with Gasteiger partial charge in [-0.3, -0.25) is 14.4 Å². The molecule has 1 heterocycles. The number of likely N-dealkylation sites (N-methyl/N-ethyl adjacent to an activating group) is 1. The molecule has 6 nitrogen and oxygen atoms in total. The summed E-state index contributed by atoms with van der Waals surface area (Å²) in [5.41, 5.74) is 2.17. The first-order valence-corrected chi connectivity index (χ1v) is 10.5. The van der Waals surface area contributed by atoms with Crippen LogP contribution in [0.15, 0.2) is 23.3 Å². The second-order valence-electron chi connectivity index (χ2n) is 7.69. The highest BCUT2D eigenvalue weighted by Crippen LogP contribution is 2.27. The van der Waals surface area contributed by atoms with Crippen molar-refractivity contribution in [1.29, 1.82) is 0 Å². The van der Waals surface area contributed by atoms with Crippen LogP contribution < -0.4 is 10.6 Å². The van der Waals surface area contributed by atoms with Crippen LogP contribution >= 0.6 is 0 Å². The first kappa shape index (κ1) is 23.9. The highest BCUT2D eigenvalue weighted by atomic mass is 16.2. The first-order valence-electron chi connectivity index (χ1n) is 10.5. The van der Waals surface area contributed by atoms with Crippen LogP contribution in [0.25, 0.3) is 0 Å². The third-order valence-electron chi connectivity index (χ3n) is 4.89. The zero-order valence-corrected chi connectivity index (χ0v) is 18.3. The summed E-state index contributed by atoms with van der Waals surface area (Å²) in [6, 6.07) is -1.36. The van der Waals surface area contributed by atoms with E-state index in [0.717, 1.165) is 31.3 Å². The quantitative estimate of drug-likeness (QED) is 0.756. The molecule has 1 aliphatic heterocycles. The molecular formula is C22H37N3O3. The number of nitrogens with zero attached hydrogens (tertiary/aromatic N) is 1. The fraction of sp³-hybridized carbons (Fsp3) is 0.682. The van der Waals surface area contributed by atoms with Gasteiger partial charge in [-0.15, -0.1) is 0 Å². The normalized spacial score (nSPS) is 20.5. The molecule has 0 saturated carbocycles. The fourth-order valence-corrected chi connectivity index (χ4v) is 3.39. The molecule has 0 fully saturated rings. The molecule has 2 atom stereocenters. The number of carbonyl (C=O) groups is 3. The number of allylic oxidation sites excluding steroid dienone is 1. The van der Waals surface area contributed by atoms with E-state index >= 15 is 0 Å². The molecule has 1 aliphatic carbocycles. The number of carbonyl (C=O) groups excluding carboxylic acids is 3. The van der Waals surface area contributed by atoms with Gasteiger partial charge in [0, 0.05) is 20.0 Å². The third-order valence-corrected chi connectivity index (χ3v) is 4.89. The lowest BCUT2D eigenvalue weighted by atomic mass is 9.97. The summed E-state index contributed by atoms with van der Waals surface area (Å²) < 4.78 is 0. The van der Waals surface area contributed by atoms with Crippen LogP contribution in [0.1, 0.15) is 66.7 Å². The first-order chi connectivity index (χ1) is 13.3. The molecule has 6 heteroatoms. The predicted molar refractivity (Wildman–Crippen MR) is 113 cm³/mol. The molecule has 0 saturated heterocycles. The Morgan fingerprint density at radius 2 is 1.89 bits per heavy atom. The molecule has 2 rings (SSSR count). The van der Waals surface area contributed by atoms with Gasteiger partial charge in [0.05, 0.1) is 0 Å². The number of amides is 3. The third kappa shape index (κ3) is 6.80. The lowest BCUT2D eigenvalue weighted by Crippen LogP contribution is -2.53. The fourth-order valence-electron chi connectivity index (χ4n) is 3.39. The van der Waals surface area contributed by atoms with E-state index in [1.807, 2.05) is 33.8 Å². The summed E-state index contributed by atoms with van der Waals surface area (Å²) in [5.74, 6) is -0.358. The highest BCUT2D eigenvalue weighted by molar-refractivity contribution is 5.94. The van der Waals surface area contributed by atoms with Crippen LogP contribution in [0.5, 0.6) is 0 Å². The monoisotopic (exact) mass is 391 g/mol. The van der Waals surface area contributed by atoms with Gasteiger partial charge in [-0.25, -0.2) is 0 Å². The van der Waals surface area contributed by atoms with Crippen molar-refractivity contribution in [3.05, 3.63) is 23.3 Å². The molecule has 158 valence electrons. The van der Waals surface area contributed by atoms with Crippen molar-refractivity contribution in [2.24, 2.45) is 5.92 Å². The molecule has 0 aromatic heterocycles. The molecule has 3 amide bonds. The van der Waals surface area contributed by atoms with Crippen molar-refractivity contribution in [1.82, 2.24) is 15.5 Å². The number of rotatable bonds is 5.